The van der Waals surface area contributed by atoms with Gasteiger partial charge in [-0.3, -0.25) is 4.79 Å². The highest BCUT2D eigenvalue weighted by molar-refractivity contribution is 5.73. The highest BCUT2D eigenvalue weighted by atomic mass is 16.5. The van der Waals surface area contributed by atoms with E-state index in [1.165, 1.54) is 0 Å². The van der Waals surface area contributed by atoms with Gasteiger partial charge in [0.05, 0.1) is 24.9 Å². The van der Waals surface area contributed by atoms with Crippen LogP contribution in [-0.2, 0) is 14.3 Å². The standard InChI is InChI=1S/C12H23NO4/c1-4-13-11(12(14)15)7-16-10-5-8(2)17-9(3)6-10/h8-11,13H,4-7H2,1-3H3,(H,14,15). The minimum Gasteiger partial charge on any atom is -0.480 e. The van der Waals surface area contributed by atoms with Crippen molar-refractivity contribution in [2.75, 3.05) is 13.2 Å². The minimum atomic E-state index is -0.861. The third-order valence-corrected chi connectivity index (χ3v) is 2.90. The lowest BCUT2D eigenvalue weighted by Gasteiger charge is -2.32. The van der Waals surface area contributed by atoms with E-state index in [2.05, 4.69) is 5.32 Å². The van der Waals surface area contributed by atoms with Crippen molar-refractivity contribution in [2.24, 2.45) is 0 Å². The average molecular weight is 245 g/mol. The van der Waals surface area contributed by atoms with Crippen LogP contribution in [0.25, 0.3) is 0 Å². The molecule has 1 heterocycles. The molecule has 0 saturated carbocycles. The molecule has 0 radical (unpaired) electrons. The topological polar surface area (TPSA) is 67.8 Å². The lowest BCUT2D eigenvalue weighted by molar-refractivity contribution is -0.144. The van der Waals surface area contributed by atoms with Crippen molar-refractivity contribution in [2.45, 2.75) is 58.0 Å². The molecule has 0 spiro atoms. The van der Waals surface area contributed by atoms with E-state index < -0.39 is 12.0 Å². The second-order valence-corrected chi connectivity index (χ2v) is 4.63. The minimum absolute atomic E-state index is 0.106. The maximum absolute atomic E-state index is 10.9. The van der Waals surface area contributed by atoms with E-state index in [4.69, 9.17) is 14.6 Å². The molecule has 1 fully saturated rings. The first-order valence-electron chi connectivity index (χ1n) is 6.26. The number of carbonyl (C=O) groups is 1. The van der Waals surface area contributed by atoms with Crippen molar-refractivity contribution >= 4 is 5.97 Å². The van der Waals surface area contributed by atoms with Crippen LogP contribution in [0.2, 0.25) is 0 Å². The molecule has 0 amide bonds. The lowest BCUT2D eigenvalue weighted by Crippen LogP contribution is -2.43. The first-order valence-corrected chi connectivity index (χ1v) is 6.26. The second kappa shape index (κ2) is 6.93. The summed E-state index contributed by atoms with van der Waals surface area (Å²) in [4.78, 5) is 10.9. The highest BCUT2D eigenvalue weighted by Crippen LogP contribution is 2.21. The summed E-state index contributed by atoms with van der Waals surface area (Å²) in [5.74, 6) is -0.861. The Balaban J connectivity index is 2.35. The molecule has 0 aromatic rings. The summed E-state index contributed by atoms with van der Waals surface area (Å²) in [6.07, 6.45) is 2.15. The third-order valence-electron chi connectivity index (χ3n) is 2.90. The van der Waals surface area contributed by atoms with Crippen LogP contribution in [0.4, 0.5) is 0 Å². The molecule has 0 aliphatic carbocycles. The Morgan fingerprint density at radius 3 is 2.53 bits per heavy atom. The number of carboxylic acid groups (broad SMARTS) is 1. The van der Waals surface area contributed by atoms with E-state index >= 15 is 0 Å². The number of rotatable bonds is 6. The molecule has 0 aromatic carbocycles. The zero-order chi connectivity index (χ0) is 12.8. The normalized spacial score (nSPS) is 31.1. The third kappa shape index (κ3) is 5.02. The van der Waals surface area contributed by atoms with Crippen molar-refractivity contribution in [3.8, 4) is 0 Å². The fourth-order valence-corrected chi connectivity index (χ4v) is 2.18. The Kier molecular flexibility index (Phi) is 5.88. The summed E-state index contributed by atoms with van der Waals surface area (Å²) in [6, 6.07) is -0.617. The van der Waals surface area contributed by atoms with Gasteiger partial charge < -0.3 is 19.9 Å². The summed E-state index contributed by atoms with van der Waals surface area (Å²) >= 11 is 0. The second-order valence-electron chi connectivity index (χ2n) is 4.63. The van der Waals surface area contributed by atoms with Crippen molar-refractivity contribution in [1.82, 2.24) is 5.32 Å². The van der Waals surface area contributed by atoms with Gasteiger partial charge in [-0.15, -0.1) is 0 Å². The van der Waals surface area contributed by atoms with Crippen molar-refractivity contribution < 1.29 is 19.4 Å². The van der Waals surface area contributed by atoms with E-state index in [1.54, 1.807) is 0 Å². The lowest BCUT2D eigenvalue weighted by atomic mass is 10.0. The van der Waals surface area contributed by atoms with E-state index in [1.807, 2.05) is 20.8 Å². The van der Waals surface area contributed by atoms with Gasteiger partial charge in [0.1, 0.15) is 6.04 Å². The van der Waals surface area contributed by atoms with Gasteiger partial charge in [0.15, 0.2) is 0 Å². The smallest absolute Gasteiger partial charge is 0.323 e. The van der Waals surface area contributed by atoms with E-state index in [0.717, 1.165) is 12.8 Å². The van der Waals surface area contributed by atoms with Crippen LogP contribution in [0.3, 0.4) is 0 Å². The molecule has 2 N–H and O–H groups in total. The summed E-state index contributed by atoms with van der Waals surface area (Å²) in [7, 11) is 0. The van der Waals surface area contributed by atoms with Crippen molar-refractivity contribution in [1.29, 1.82) is 0 Å². The van der Waals surface area contributed by atoms with Gasteiger partial charge in [0, 0.05) is 0 Å². The molecule has 5 nitrogen and oxygen atoms in total. The van der Waals surface area contributed by atoms with Crippen LogP contribution < -0.4 is 5.32 Å². The Bertz CT molecular complexity index is 237. The Morgan fingerprint density at radius 1 is 1.47 bits per heavy atom. The molecule has 100 valence electrons. The maximum atomic E-state index is 10.9. The molecular weight excluding hydrogens is 222 g/mol. The van der Waals surface area contributed by atoms with Gasteiger partial charge in [-0.25, -0.2) is 0 Å². The van der Waals surface area contributed by atoms with Crippen LogP contribution >= 0.6 is 0 Å². The summed E-state index contributed by atoms with van der Waals surface area (Å²) in [5, 5.41) is 11.9. The first-order chi connectivity index (χ1) is 8.02. The fraction of sp³-hybridized carbons (Fsp3) is 0.917. The van der Waals surface area contributed by atoms with Gasteiger partial charge in [-0.1, -0.05) is 6.92 Å². The number of nitrogens with one attached hydrogen (secondary N) is 1. The van der Waals surface area contributed by atoms with Gasteiger partial charge in [0.25, 0.3) is 0 Å². The predicted octanol–water partition coefficient (Wildman–Crippen LogP) is 1.02. The molecule has 3 atom stereocenters. The Morgan fingerprint density at radius 2 is 2.06 bits per heavy atom. The Labute approximate surface area is 102 Å². The van der Waals surface area contributed by atoms with Crippen LogP contribution in [0.5, 0.6) is 0 Å². The van der Waals surface area contributed by atoms with Crippen LogP contribution in [0, 0.1) is 0 Å². The number of aliphatic carboxylic acids is 1. The average Bonchev–Trinajstić information content (AvgIpc) is 2.22. The quantitative estimate of drug-likeness (QED) is 0.731. The molecule has 17 heavy (non-hydrogen) atoms. The Hall–Kier alpha value is -0.650. The first kappa shape index (κ1) is 14.4. The van der Waals surface area contributed by atoms with Crippen LogP contribution in [0.15, 0.2) is 0 Å². The van der Waals surface area contributed by atoms with Gasteiger partial charge in [-0.05, 0) is 33.2 Å². The summed E-state index contributed by atoms with van der Waals surface area (Å²) in [5.41, 5.74) is 0. The van der Waals surface area contributed by atoms with Crippen molar-refractivity contribution in [3.63, 3.8) is 0 Å². The summed E-state index contributed by atoms with van der Waals surface area (Å²) in [6.45, 7) is 6.76. The molecular formula is C12H23NO4. The number of carboxylic acids is 1. The largest absolute Gasteiger partial charge is 0.480 e. The van der Waals surface area contributed by atoms with E-state index in [0.29, 0.717) is 6.54 Å². The molecule has 1 aliphatic heterocycles. The van der Waals surface area contributed by atoms with Crippen LogP contribution in [0.1, 0.15) is 33.6 Å². The van der Waals surface area contributed by atoms with Crippen molar-refractivity contribution in [3.05, 3.63) is 0 Å². The van der Waals surface area contributed by atoms with Gasteiger partial charge in [-0.2, -0.15) is 0 Å². The van der Waals surface area contributed by atoms with Crippen LogP contribution in [-0.4, -0.2) is 48.6 Å². The molecule has 5 heteroatoms. The molecule has 1 rings (SSSR count). The molecule has 0 bridgehead atoms. The van der Waals surface area contributed by atoms with Gasteiger partial charge >= 0.3 is 5.97 Å². The van der Waals surface area contributed by atoms with E-state index in [-0.39, 0.29) is 24.9 Å². The molecule has 0 aromatic heterocycles. The monoisotopic (exact) mass is 245 g/mol. The van der Waals surface area contributed by atoms with E-state index in [9.17, 15) is 4.79 Å². The zero-order valence-electron chi connectivity index (χ0n) is 10.8. The SMILES string of the molecule is CCNC(COC1CC(C)OC(C)C1)C(=O)O. The maximum Gasteiger partial charge on any atom is 0.323 e. The predicted molar refractivity (Wildman–Crippen MR) is 64.1 cm³/mol. The number of ether oxygens (including phenoxy) is 2. The van der Waals surface area contributed by atoms with Gasteiger partial charge in [0.2, 0.25) is 0 Å². The highest BCUT2D eigenvalue weighted by Gasteiger charge is 2.26. The number of hydrogen-bond donors (Lipinski definition) is 2. The number of likely N-dealkylation sites (N-methyl/N-ethyl adjacent to an activating group) is 1. The molecule has 1 saturated heterocycles. The molecule has 3 unspecified atom stereocenters. The zero-order valence-corrected chi connectivity index (χ0v) is 10.8. The fourth-order valence-electron chi connectivity index (χ4n) is 2.18. The molecule has 1 aliphatic rings. The summed E-state index contributed by atoms with van der Waals surface area (Å²) < 4.78 is 11.3. The number of hydrogen-bond acceptors (Lipinski definition) is 4.